The predicted octanol–water partition coefficient (Wildman–Crippen LogP) is 2.55. The third-order valence-electron chi connectivity index (χ3n) is 2.80. The molecule has 21 heavy (non-hydrogen) atoms. The van der Waals surface area contributed by atoms with Crippen molar-refractivity contribution in [2.24, 2.45) is 0 Å². The molecule has 7 nitrogen and oxygen atoms in total. The lowest BCUT2D eigenvalue weighted by Gasteiger charge is -2.07. The van der Waals surface area contributed by atoms with Gasteiger partial charge in [0.1, 0.15) is 6.26 Å². The first-order valence-electron chi connectivity index (χ1n) is 5.94. The molecule has 2 heterocycles. The minimum atomic E-state index is -0.457. The molecule has 0 bridgehead atoms. The van der Waals surface area contributed by atoms with Crippen LogP contribution in [0.5, 0.6) is 0 Å². The topological polar surface area (TPSA) is 110 Å². The van der Waals surface area contributed by atoms with Crippen LogP contribution in [0.1, 0.15) is 10.5 Å². The molecule has 0 spiro atoms. The summed E-state index contributed by atoms with van der Waals surface area (Å²) in [4.78, 5) is 15.8. The zero-order valence-electron chi connectivity index (χ0n) is 10.6. The lowest BCUT2D eigenvalue weighted by atomic mass is 10.1. The molecule has 0 aliphatic carbocycles. The van der Waals surface area contributed by atoms with Crippen LogP contribution < -0.4 is 11.1 Å². The van der Waals surface area contributed by atoms with E-state index in [0.717, 1.165) is 11.1 Å². The maximum Gasteiger partial charge on any atom is 0.292 e. The van der Waals surface area contributed by atoms with E-state index >= 15 is 0 Å². The Balaban J connectivity index is 1.88. The molecule has 8 heteroatoms. The van der Waals surface area contributed by atoms with Crippen LogP contribution in [0.3, 0.4) is 0 Å². The van der Waals surface area contributed by atoms with Gasteiger partial charge in [0.15, 0.2) is 5.69 Å². The number of halogens is 1. The molecule has 0 saturated heterocycles. The summed E-state index contributed by atoms with van der Waals surface area (Å²) in [5, 5.41) is 9.68. The number of carbonyl (C=O) groups is 1. The molecule has 1 aromatic carbocycles. The van der Waals surface area contributed by atoms with Crippen LogP contribution in [0.15, 0.2) is 41.3 Å². The molecule has 3 aromatic rings. The smallest absolute Gasteiger partial charge is 0.292 e. The zero-order valence-corrected chi connectivity index (χ0v) is 11.4. The van der Waals surface area contributed by atoms with E-state index in [1.54, 1.807) is 24.5 Å². The van der Waals surface area contributed by atoms with Crippen molar-refractivity contribution in [2.75, 3.05) is 11.1 Å². The molecule has 4 N–H and O–H groups in total. The number of oxazole rings is 1. The van der Waals surface area contributed by atoms with Crippen molar-refractivity contribution in [2.45, 2.75) is 0 Å². The van der Waals surface area contributed by atoms with Crippen molar-refractivity contribution in [3.8, 4) is 11.1 Å². The first-order chi connectivity index (χ1) is 10.1. The number of aromatic nitrogens is 3. The number of H-pyrrole nitrogens is 1. The molecular formula is C13H10ClN5O2. The van der Waals surface area contributed by atoms with Crippen LogP contribution in [0.25, 0.3) is 11.1 Å². The second-order valence-corrected chi connectivity index (χ2v) is 4.61. The summed E-state index contributed by atoms with van der Waals surface area (Å²) in [5.74, 6) is -0.457. The van der Waals surface area contributed by atoms with Gasteiger partial charge in [0.25, 0.3) is 11.9 Å². The van der Waals surface area contributed by atoms with Gasteiger partial charge in [0.2, 0.25) is 0 Å². The summed E-state index contributed by atoms with van der Waals surface area (Å²) in [7, 11) is 0. The van der Waals surface area contributed by atoms with E-state index in [1.807, 2.05) is 6.07 Å². The Morgan fingerprint density at radius 2 is 2.24 bits per heavy atom. The monoisotopic (exact) mass is 303 g/mol. The standard InChI is InChI=1S/C13H10ClN5O2/c14-9-2-1-7(8-4-16-17-5-8)3-10(9)18-12(20)11-6-21-13(15)19-11/h1-6H,(H2,15,19)(H,16,17)(H,18,20). The fourth-order valence-corrected chi connectivity index (χ4v) is 1.95. The van der Waals surface area contributed by atoms with Gasteiger partial charge in [-0.15, -0.1) is 0 Å². The number of hydrogen-bond acceptors (Lipinski definition) is 5. The van der Waals surface area contributed by atoms with E-state index in [2.05, 4.69) is 20.5 Å². The van der Waals surface area contributed by atoms with Crippen LogP contribution in [-0.4, -0.2) is 21.1 Å². The van der Waals surface area contributed by atoms with E-state index in [4.69, 9.17) is 21.8 Å². The predicted molar refractivity (Wildman–Crippen MR) is 77.9 cm³/mol. The molecule has 0 unspecified atom stereocenters. The third-order valence-corrected chi connectivity index (χ3v) is 3.13. The molecule has 0 saturated carbocycles. The van der Waals surface area contributed by atoms with Crippen LogP contribution in [0.4, 0.5) is 11.7 Å². The Hall–Kier alpha value is -2.80. The minimum absolute atomic E-state index is 0.0709. The van der Waals surface area contributed by atoms with Gasteiger partial charge < -0.3 is 15.5 Å². The van der Waals surface area contributed by atoms with Gasteiger partial charge in [0.05, 0.1) is 16.9 Å². The lowest BCUT2D eigenvalue weighted by Crippen LogP contribution is -2.12. The second-order valence-electron chi connectivity index (χ2n) is 4.21. The van der Waals surface area contributed by atoms with Gasteiger partial charge in [-0.2, -0.15) is 10.1 Å². The average Bonchev–Trinajstić information content (AvgIpc) is 3.12. The average molecular weight is 304 g/mol. The van der Waals surface area contributed by atoms with E-state index in [1.165, 1.54) is 6.26 Å². The van der Waals surface area contributed by atoms with Crippen molar-refractivity contribution in [1.29, 1.82) is 0 Å². The fourth-order valence-electron chi connectivity index (χ4n) is 1.79. The molecule has 3 rings (SSSR count). The van der Waals surface area contributed by atoms with Crippen molar-refractivity contribution < 1.29 is 9.21 Å². The Morgan fingerprint density at radius 3 is 2.90 bits per heavy atom. The van der Waals surface area contributed by atoms with Crippen LogP contribution in [0, 0.1) is 0 Å². The van der Waals surface area contributed by atoms with Crippen LogP contribution in [0.2, 0.25) is 5.02 Å². The van der Waals surface area contributed by atoms with Gasteiger partial charge in [-0.05, 0) is 17.7 Å². The summed E-state index contributed by atoms with van der Waals surface area (Å²) >= 11 is 6.09. The second kappa shape index (κ2) is 5.29. The molecule has 1 amide bonds. The first-order valence-corrected chi connectivity index (χ1v) is 6.32. The highest BCUT2D eigenvalue weighted by Crippen LogP contribution is 2.28. The molecule has 106 valence electrons. The van der Waals surface area contributed by atoms with Crippen LogP contribution in [-0.2, 0) is 0 Å². The van der Waals surface area contributed by atoms with Gasteiger partial charge in [-0.1, -0.05) is 17.7 Å². The Bertz CT molecular complexity index is 782. The number of nitrogens with two attached hydrogens (primary N) is 1. The van der Waals surface area contributed by atoms with Crippen molar-refractivity contribution in [1.82, 2.24) is 15.2 Å². The zero-order chi connectivity index (χ0) is 14.8. The molecule has 0 atom stereocenters. The van der Waals surface area contributed by atoms with E-state index < -0.39 is 5.91 Å². The summed E-state index contributed by atoms with van der Waals surface area (Å²) in [6.45, 7) is 0. The summed E-state index contributed by atoms with van der Waals surface area (Å²) in [6.07, 6.45) is 4.60. The van der Waals surface area contributed by atoms with Crippen molar-refractivity contribution >= 4 is 29.2 Å². The highest BCUT2D eigenvalue weighted by Gasteiger charge is 2.13. The molecule has 0 fully saturated rings. The highest BCUT2D eigenvalue weighted by atomic mass is 35.5. The van der Waals surface area contributed by atoms with Gasteiger partial charge >= 0.3 is 0 Å². The third kappa shape index (κ3) is 2.72. The van der Waals surface area contributed by atoms with Gasteiger partial charge in [-0.3, -0.25) is 9.89 Å². The number of anilines is 2. The lowest BCUT2D eigenvalue weighted by molar-refractivity contribution is 0.102. The van der Waals surface area contributed by atoms with Gasteiger partial charge in [-0.25, -0.2) is 0 Å². The summed E-state index contributed by atoms with van der Waals surface area (Å²) in [5.41, 5.74) is 7.62. The maximum absolute atomic E-state index is 12.0. The number of amides is 1. The minimum Gasteiger partial charge on any atom is -0.431 e. The number of benzene rings is 1. The largest absolute Gasteiger partial charge is 0.431 e. The molecule has 0 aliphatic rings. The Morgan fingerprint density at radius 1 is 1.38 bits per heavy atom. The molecule has 2 aromatic heterocycles. The molecular weight excluding hydrogens is 294 g/mol. The Labute approximate surface area is 124 Å². The fraction of sp³-hybridized carbons (Fsp3) is 0. The normalized spacial score (nSPS) is 10.5. The molecule has 0 radical (unpaired) electrons. The number of carbonyl (C=O) groups excluding carboxylic acids is 1. The number of nitrogens with one attached hydrogen (secondary N) is 2. The van der Waals surface area contributed by atoms with Crippen molar-refractivity contribution in [3.63, 3.8) is 0 Å². The van der Waals surface area contributed by atoms with Gasteiger partial charge in [0, 0.05) is 11.8 Å². The highest BCUT2D eigenvalue weighted by molar-refractivity contribution is 6.34. The van der Waals surface area contributed by atoms with E-state index in [9.17, 15) is 4.79 Å². The first kappa shape index (κ1) is 13.2. The number of aromatic amines is 1. The number of nitrogen functional groups attached to an aromatic ring is 1. The van der Waals surface area contributed by atoms with Crippen LogP contribution >= 0.6 is 11.6 Å². The quantitative estimate of drug-likeness (QED) is 0.688. The summed E-state index contributed by atoms with van der Waals surface area (Å²) in [6, 6.07) is 5.20. The number of rotatable bonds is 3. The van der Waals surface area contributed by atoms with Crippen molar-refractivity contribution in [3.05, 3.63) is 47.6 Å². The van der Waals surface area contributed by atoms with E-state index in [0.29, 0.717) is 10.7 Å². The van der Waals surface area contributed by atoms with E-state index in [-0.39, 0.29) is 11.7 Å². The number of hydrogen-bond donors (Lipinski definition) is 3. The SMILES string of the molecule is Nc1nc(C(=O)Nc2cc(-c3cn[nH]c3)ccc2Cl)co1. The maximum atomic E-state index is 12.0. The number of nitrogens with zero attached hydrogens (tertiary/aromatic N) is 2. The summed E-state index contributed by atoms with van der Waals surface area (Å²) < 4.78 is 4.80. The molecule has 0 aliphatic heterocycles. The Kier molecular flexibility index (Phi) is 3.33.